The lowest BCUT2D eigenvalue weighted by Gasteiger charge is -2.23. The summed E-state index contributed by atoms with van der Waals surface area (Å²) in [5, 5.41) is 3.30. The minimum absolute atomic E-state index is 0. The van der Waals surface area contributed by atoms with Crippen LogP contribution in [0, 0.1) is 0 Å². The zero-order valence-electron chi connectivity index (χ0n) is 11.1. The Morgan fingerprint density at radius 2 is 2.21 bits per heavy atom. The van der Waals surface area contributed by atoms with E-state index in [0.29, 0.717) is 12.2 Å². The third-order valence-corrected chi connectivity index (χ3v) is 3.15. The van der Waals surface area contributed by atoms with E-state index in [1.54, 1.807) is 6.07 Å². The molecule has 0 radical (unpaired) electrons. The molecule has 106 valence electrons. The monoisotopic (exact) mass is 285 g/mol. The number of piperidine rings is 1. The second-order valence-corrected chi connectivity index (χ2v) is 4.43. The Morgan fingerprint density at radius 1 is 1.42 bits per heavy atom. The maximum absolute atomic E-state index is 11.6. The molecular weight excluding hydrogens is 266 g/mol. The van der Waals surface area contributed by atoms with Gasteiger partial charge in [-0.05, 0) is 31.0 Å². The summed E-state index contributed by atoms with van der Waals surface area (Å²) in [6.45, 7) is 2.41. The Labute approximate surface area is 119 Å². The quantitative estimate of drug-likeness (QED) is 0.861. The normalized spacial score (nSPS) is 18.5. The molecule has 5 heteroatoms. The number of carbonyl (C=O) groups excluding carboxylic acids is 1. The fourth-order valence-corrected chi connectivity index (χ4v) is 2.12. The zero-order valence-corrected chi connectivity index (χ0v) is 11.9. The van der Waals surface area contributed by atoms with Gasteiger partial charge < -0.3 is 14.8 Å². The average Bonchev–Trinajstić information content (AvgIpc) is 2.45. The Hall–Kier alpha value is -1.10. The van der Waals surface area contributed by atoms with Crippen LogP contribution in [0.2, 0.25) is 0 Å². The summed E-state index contributed by atoms with van der Waals surface area (Å²) in [4.78, 5) is 11.6. The highest BCUT2D eigenvalue weighted by atomic mass is 35.5. The topological polar surface area (TPSA) is 47.6 Å². The van der Waals surface area contributed by atoms with Crippen LogP contribution in [0.4, 0.5) is 0 Å². The Morgan fingerprint density at radius 3 is 2.89 bits per heavy atom. The molecule has 19 heavy (non-hydrogen) atoms. The molecule has 1 aliphatic rings. The highest BCUT2D eigenvalue weighted by Crippen LogP contribution is 2.14. The number of nitrogens with one attached hydrogen (secondary N) is 1. The lowest BCUT2D eigenvalue weighted by atomic mass is 10.1. The Kier molecular flexibility index (Phi) is 6.84. The molecule has 0 aromatic heterocycles. The van der Waals surface area contributed by atoms with E-state index in [2.05, 4.69) is 5.32 Å². The van der Waals surface area contributed by atoms with E-state index >= 15 is 0 Å². The predicted molar refractivity (Wildman–Crippen MR) is 75.7 cm³/mol. The molecule has 1 aromatic rings. The molecule has 1 heterocycles. The molecular formula is C14H20ClNO3. The molecule has 0 amide bonds. The number of hydrogen-bond acceptors (Lipinski definition) is 4. The maximum Gasteiger partial charge on any atom is 0.338 e. The SMILES string of the molecule is COC(=O)c1ccccc1COC1CCCNC1.Cl. The number of hydrogen-bond donors (Lipinski definition) is 1. The number of benzene rings is 1. The highest BCUT2D eigenvalue weighted by molar-refractivity contribution is 5.90. The maximum atomic E-state index is 11.6. The Balaban J connectivity index is 0.00000180. The van der Waals surface area contributed by atoms with Gasteiger partial charge in [-0.3, -0.25) is 0 Å². The molecule has 1 N–H and O–H groups in total. The van der Waals surface area contributed by atoms with Crippen molar-refractivity contribution in [1.82, 2.24) is 5.32 Å². The summed E-state index contributed by atoms with van der Waals surface area (Å²) in [5.41, 5.74) is 1.47. The number of rotatable bonds is 4. The van der Waals surface area contributed by atoms with Gasteiger partial charge in [0.2, 0.25) is 0 Å². The third kappa shape index (κ3) is 4.49. The summed E-state index contributed by atoms with van der Waals surface area (Å²) < 4.78 is 10.6. The van der Waals surface area contributed by atoms with Gasteiger partial charge in [0.25, 0.3) is 0 Å². The van der Waals surface area contributed by atoms with E-state index in [9.17, 15) is 4.79 Å². The van der Waals surface area contributed by atoms with Crippen molar-refractivity contribution in [2.24, 2.45) is 0 Å². The summed E-state index contributed by atoms with van der Waals surface area (Å²) in [6.07, 6.45) is 2.46. The van der Waals surface area contributed by atoms with Gasteiger partial charge in [-0.2, -0.15) is 0 Å². The van der Waals surface area contributed by atoms with Crippen molar-refractivity contribution >= 4 is 18.4 Å². The van der Waals surface area contributed by atoms with Crippen molar-refractivity contribution in [1.29, 1.82) is 0 Å². The van der Waals surface area contributed by atoms with Crippen LogP contribution < -0.4 is 5.32 Å². The van der Waals surface area contributed by atoms with Crippen LogP contribution in [0.5, 0.6) is 0 Å². The fraction of sp³-hybridized carbons (Fsp3) is 0.500. The zero-order chi connectivity index (χ0) is 12.8. The van der Waals surface area contributed by atoms with E-state index in [-0.39, 0.29) is 24.5 Å². The van der Waals surface area contributed by atoms with E-state index < -0.39 is 0 Å². The van der Waals surface area contributed by atoms with Gasteiger partial charge in [-0.1, -0.05) is 18.2 Å². The van der Waals surface area contributed by atoms with E-state index in [1.807, 2.05) is 18.2 Å². The summed E-state index contributed by atoms with van der Waals surface area (Å²) in [7, 11) is 1.39. The second kappa shape index (κ2) is 8.15. The minimum atomic E-state index is -0.309. The van der Waals surface area contributed by atoms with Crippen molar-refractivity contribution in [3.05, 3.63) is 35.4 Å². The first-order chi connectivity index (χ1) is 8.81. The molecule has 1 aliphatic heterocycles. The van der Waals surface area contributed by atoms with Crippen molar-refractivity contribution in [2.45, 2.75) is 25.6 Å². The number of ether oxygens (including phenoxy) is 2. The van der Waals surface area contributed by atoms with Crippen molar-refractivity contribution in [3.63, 3.8) is 0 Å². The van der Waals surface area contributed by atoms with Gasteiger partial charge in [0, 0.05) is 6.54 Å². The largest absolute Gasteiger partial charge is 0.465 e. The number of carbonyl (C=O) groups is 1. The van der Waals surface area contributed by atoms with Crippen LogP contribution in [0.3, 0.4) is 0 Å². The molecule has 2 rings (SSSR count). The first-order valence-electron chi connectivity index (χ1n) is 6.30. The van der Waals surface area contributed by atoms with Gasteiger partial charge in [-0.15, -0.1) is 12.4 Å². The molecule has 1 fully saturated rings. The smallest absolute Gasteiger partial charge is 0.338 e. The summed E-state index contributed by atoms with van der Waals surface area (Å²) in [6, 6.07) is 7.41. The second-order valence-electron chi connectivity index (χ2n) is 4.43. The first kappa shape index (κ1) is 16.0. The summed E-state index contributed by atoms with van der Waals surface area (Å²) in [5.74, 6) is -0.309. The van der Waals surface area contributed by atoms with Gasteiger partial charge >= 0.3 is 5.97 Å². The van der Waals surface area contributed by atoms with Gasteiger partial charge in [-0.25, -0.2) is 4.79 Å². The minimum Gasteiger partial charge on any atom is -0.465 e. The average molecular weight is 286 g/mol. The standard InChI is InChI=1S/C14H19NO3.ClH/c1-17-14(16)13-7-3-2-5-11(13)10-18-12-6-4-8-15-9-12;/h2-3,5,7,12,15H,4,6,8-10H2,1H3;1H. The van der Waals surface area contributed by atoms with Gasteiger partial charge in [0.15, 0.2) is 0 Å². The van der Waals surface area contributed by atoms with Crippen LogP contribution in [0.1, 0.15) is 28.8 Å². The van der Waals surface area contributed by atoms with E-state index in [4.69, 9.17) is 9.47 Å². The lowest BCUT2D eigenvalue weighted by Crippen LogP contribution is -2.35. The van der Waals surface area contributed by atoms with Gasteiger partial charge in [0.1, 0.15) is 0 Å². The van der Waals surface area contributed by atoms with Crippen molar-refractivity contribution < 1.29 is 14.3 Å². The molecule has 1 atom stereocenters. The molecule has 0 saturated carbocycles. The molecule has 1 saturated heterocycles. The van der Waals surface area contributed by atoms with Crippen LogP contribution in [-0.4, -0.2) is 32.3 Å². The first-order valence-corrected chi connectivity index (χ1v) is 6.30. The van der Waals surface area contributed by atoms with E-state index in [0.717, 1.165) is 31.5 Å². The summed E-state index contributed by atoms with van der Waals surface area (Å²) >= 11 is 0. The van der Waals surface area contributed by atoms with Crippen LogP contribution >= 0.6 is 12.4 Å². The third-order valence-electron chi connectivity index (χ3n) is 3.15. The van der Waals surface area contributed by atoms with Gasteiger partial charge in [0.05, 0.1) is 25.4 Å². The molecule has 4 nitrogen and oxygen atoms in total. The van der Waals surface area contributed by atoms with Crippen LogP contribution in [0.25, 0.3) is 0 Å². The molecule has 1 unspecified atom stereocenters. The van der Waals surface area contributed by atoms with Crippen molar-refractivity contribution in [2.75, 3.05) is 20.2 Å². The molecule has 0 spiro atoms. The van der Waals surface area contributed by atoms with Crippen LogP contribution in [-0.2, 0) is 16.1 Å². The fourth-order valence-electron chi connectivity index (χ4n) is 2.12. The molecule has 0 bridgehead atoms. The predicted octanol–water partition coefficient (Wildman–Crippen LogP) is 2.16. The number of methoxy groups -OCH3 is 1. The Bertz CT molecular complexity index is 405. The van der Waals surface area contributed by atoms with E-state index in [1.165, 1.54) is 7.11 Å². The lowest BCUT2D eigenvalue weighted by molar-refractivity contribution is 0.0242. The van der Waals surface area contributed by atoms with Crippen molar-refractivity contribution in [3.8, 4) is 0 Å². The molecule has 0 aliphatic carbocycles. The van der Waals surface area contributed by atoms with Crippen LogP contribution in [0.15, 0.2) is 24.3 Å². The number of esters is 1. The number of halogens is 1. The highest BCUT2D eigenvalue weighted by Gasteiger charge is 2.15. The molecule has 1 aromatic carbocycles.